The Bertz CT molecular complexity index is 1680. The Morgan fingerprint density at radius 3 is 1.55 bits per heavy atom. The van der Waals surface area contributed by atoms with E-state index in [9.17, 15) is 9.59 Å². The van der Waals surface area contributed by atoms with E-state index in [-0.39, 0.29) is 5.91 Å². The number of aromatic nitrogens is 2. The zero-order valence-electron chi connectivity index (χ0n) is 26.7. The third-order valence-corrected chi connectivity index (χ3v) is 8.73. The van der Waals surface area contributed by atoms with Crippen molar-refractivity contribution in [2.24, 2.45) is 9.98 Å². The largest absolute Gasteiger partial charge is 0.355 e. The van der Waals surface area contributed by atoms with Gasteiger partial charge in [0.05, 0.1) is 22.8 Å². The first-order valence-electron chi connectivity index (χ1n) is 15.8. The topological polar surface area (TPSA) is 90.4 Å². The minimum atomic E-state index is -0.109. The van der Waals surface area contributed by atoms with Gasteiger partial charge in [-0.05, 0) is 109 Å². The van der Waals surface area contributed by atoms with E-state index in [0.29, 0.717) is 12.1 Å². The summed E-state index contributed by atoms with van der Waals surface area (Å²) in [4.78, 5) is 41.0. The van der Waals surface area contributed by atoms with E-state index in [2.05, 4.69) is 75.6 Å². The minimum absolute atomic E-state index is 0.109. The summed E-state index contributed by atoms with van der Waals surface area (Å²) in [5, 5.41) is 2.15. The van der Waals surface area contributed by atoms with Crippen LogP contribution in [0.5, 0.6) is 0 Å². The van der Waals surface area contributed by atoms with Crippen molar-refractivity contribution in [2.75, 3.05) is 0 Å². The first-order valence-corrected chi connectivity index (χ1v) is 15.8. The highest BCUT2D eigenvalue weighted by Crippen LogP contribution is 2.33. The average molecular weight is 567 g/mol. The molecule has 0 spiro atoms. The fourth-order valence-electron chi connectivity index (χ4n) is 6.75. The van der Waals surface area contributed by atoms with Gasteiger partial charge in [-0.25, -0.2) is 9.98 Å². The first kappa shape index (κ1) is 31.1. The molecule has 0 aliphatic carbocycles. The Kier molecular flexibility index (Phi) is 9.97. The van der Waals surface area contributed by atoms with Gasteiger partial charge in [0, 0.05) is 22.0 Å². The van der Waals surface area contributed by atoms with Crippen molar-refractivity contribution in [1.29, 1.82) is 0 Å². The van der Waals surface area contributed by atoms with Crippen molar-refractivity contribution >= 4 is 35.8 Å². The highest BCUT2D eigenvalue weighted by molar-refractivity contribution is 6.26. The van der Waals surface area contributed by atoms with E-state index in [1.165, 1.54) is 27.8 Å². The maximum Gasteiger partial charge on any atom is 0.273 e. The number of carbonyl (C=O) groups is 2. The summed E-state index contributed by atoms with van der Waals surface area (Å²) in [6, 6.07) is 0. The second-order valence-electron chi connectivity index (χ2n) is 10.8. The number of carbonyl (C=O) groups excluding carboxylic acids is 2. The van der Waals surface area contributed by atoms with Gasteiger partial charge in [-0.2, -0.15) is 0 Å². The Labute approximate surface area is 250 Å². The summed E-state index contributed by atoms with van der Waals surface area (Å²) >= 11 is 0. The summed E-state index contributed by atoms with van der Waals surface area (Å²) in [6.45, 7) is 17.1. The highest BCUT2D eigenvalue weighted by Gasteiger charge is 2.26. The zero-order valence-corrected chi connectivity index (χ0v) is 26.7. The predicted octanol–water partition coefficient (Wildman–Crippen LogP) is 6.57. The van der Waals surface area contributed by atoms with E-state index in [1.54, 1.807) is 0 Å². The summed E-state index contributed by atoms with van der Waals surface area (Å²) in [6.07, 6.45) is 14.0. The lowest BCUT2D eigenvalue weighted by Crippen LogP contribution is -2.15. The second kappa shape index (κ2) is 13.5. The van der Waals surface area contributed by atoms with Crippen molar-refractivity contribution < 1.29 is 9.59 Å². The number of allylic oxidation sites excluding steroid dienone is 4. The smallest absolute Gasteiger partial charge is 0.273 e. The van der Waals surface area contributed by atoms with Crippen molar-refractivity contribution in [3.05, 3.63) is 78.4 Å². The Balaban J connectivity index is 1.90. The molecule has 0 aromatic carbocycles. The molecule has 0 bridgehead atoms. The second-order valence-corrected chi connectivity index (χ2v) is 10.8. The molecule has 0 saturated carbocycles. The van der Waals surface area contributed by atoms with Gasteiger partial charge in [-0.15, -0.1) is 0 Å². The van der Waals surface area contributed by atoms with Crippen LogP contribution in [-0.4, -0.2) is 33.6 Å². The molecule has 4 rings (SSSR count). The van der Waals surface area contributed by atoms with Gasteiger partial charge in [-0.1, -0.05) is 55.4 Å². The quantitative estimate of drug-likeness (QED) is 0.285. The van der Waals surface area contributed by atoms with Crippen molar-refractivity contribution in [3.8, 4) is 0 Å². The van der Waals surface area contributed by atoms with Crippen molar-refractivity contribution in [2.45, 2.75) is 107 Å². The normalized spacial score (nSPS) is 17.4. The summed E-state index contributed by atoms with van der Waals surface area (Å²) in [7, 11) is 0. The standard InChI is InChI=1S/C36H46N4O2/c1-9-21-22(10-2)31(18-33-25(13-5)26(14-6)35(20-41)39-33)37-29(21)17-30-23(11-3)24(12-4)32(38-30)19-34-27(15-7)28(16-8)36(42)40-34/h17-20,37,39H,9-16H2,1-8H3/b29-17+,31-18-,32-19-. The molecule has 2 N–H and O–H groups in total. The number of aliphatic imine (C=N–C) groups is 2. The first-order chi connectivity index (χ1) is 20.3. The molecule has 0 unspecified atom stereocenters. The number of hydrogen-bond donors (Lipinski definition) is 2. The van der Waals surface area contributed by atoms with Crippen molar-refractivity contribution in [3.63, 3.8) is 0 Å². The number of hydrogen-bond acceptors (Lipinski definition) is 3. The Hall–Kier alpha value is -3.80. The molecule has 0 saturated heterocycles. The molecule has 4 heterocycles. The van der Waals surface area contributed by atoms with Crippen LogP contribution in [0.25, 0.3) is 12.2 Å². The molecule has 2 aromatic rings. The van der Waals surface area contributed by atoms with E-state index in [1.807, 2.05) is 13.0 Å². The minimum Gasteiger partial charge on any atom is -0.355 e. The monoisotopic (exact) mass is 566 g/mol. The number of aldehydes is 1. The number of amides is 1. The van der Waals surface area contributed by atoms with Gasteiger partial charge in [-0.3, -0.25) is 9.59 Å². The number of nitrogens with zero attached hydrogens (tertiary/aromatic N) is 2. The van der Waals surface area contributed by atoms with Gasteiger partial charge in [0.2, 0.25) is 0 Å². The molecular formula is C36H46N4O2. The molecule has 6 nitrogen and oxygen atoms in total. The Morgan fingerprint density at radius 2 is 1.02 bits per heavy atom. The molecule has 0 fully saturated rings. The van der Waals surface area contributed by atoms with Crippen LogP contribution in [0.2, 0.25) is 0 Å². The molecular weight excluding hydrogens is 520 g/mol. The van der Waals surface area contributed by atoms with Gasteiger partial charge >= 0.3 is 0 Å². The predicted molar refractivity (Wildman–Crippen MR) is 175 cm³/mol. The number of rotatable bonds is 12. The average Bonchev–Trinajstić information content (AvgIpc) is 3.71. The van der Waals surface area contributed by atoms with Gasteiger partial charge in [0.1, 0.15) is 0 Å². The lowest BCUT2D eigenvalue weighted by molar-refractivity contribution is -0.114. The number of H-pyrrole nitrogens is 2. The van der Waals surface area contributed by atoms with Gasteiger partial charge < -0.3 is 9.97 Å². The van der Waals surface area contributed by atoms with Gasteiger partial charge in [0.25, 0.3) is 5.91 Å². The fourth-order valence-corrected chi connectivity index (χ4v) is 6.75. The fraction of sp³-hybridized carbons (Fsp3) is 0.444. The zero-order chi connectivity index (χ0) is 30.6. The molecule has 6 heteroatoms. The summed E-state index contributed by atoms with van der Waals surface area (Å²) in [5.41, 5.74) is 13.6. The maximum atomic E-state index is 12.5. The lowest BCUT2D eigenvalue weighted by Gasteiger charge is -2.06. The molecule has 2 aliphatic rings. The van der Waals surface area contributed by atoms with Crippen molar-refractivity contribution in [1.82, 2.24) is 9.97 Å². The molecule has 2 aromatic heterocycles. The summed E-state index contributed by atoms with van der Waals surface area (Å²) in [5.74, 6) is -0.109. The van der Waals surface area contributed by atoms with Crippen LogP contribution < -0.4 is 10.7 Å². The van der Waals surface area contributed by atoms with E-state index >= 15 is 0 Å². The molecule has 0 atom stereocenters. The summed E-state index contributed by atoms with van der Waals surface area (Å²) < 4.78 is 0. The van der Waals surface area contributed by atoms with Crippen LogP contribution >= 0.6 is 0 Å². The number of nitrogens with one attached hydrogen (secondary N) is 2. The van der Waals surface area contributed by atoms with Crippen LogP contribution in [0.1, 0.15) is 120 Å². The van der Waals surface area contributed by atoms with E-state index in [0.717, 1.165) is 101 Å². The van der Waals surface area contributed by atoms with E-state index < -0.39 is 0 Å². The maximum absolute atomic E-state index is 12.5. The lowest BCUT2D eigenvalue weighted by atomic mass is 9.97. The molecule has 2 aliphatic heterocycles. The highest BCUT2D eigenvalue weighted by atomic mass is 16.1. The molecule has 0 radical (unpaired) electrons. The van der Waals surface area contributed by atoms with E-state index in [4.69, 9.17) is 4.99 Å². The third-order valence-electron chi connectivity index (χ3n) is 8.73. The number of aromatic amines is 2. The van der Waals surface area contributed by atoms with Crippen LogP contribution in [0, 0.1) is 0 Å². The Morgan fingerprint density at radius 1 is 0.524 bits per heavy atom. The molecule has 222 valence electrons. The third kappa shape index (κ3) is 5.51. The van der Waals surface area contributed by atoms with Gasteiger partial charge in [0.15, 0.2) is 6.29 Å². The molecule has 1 amide bonds. The van der Waals surface area contributed by atoms with Crippen LogP contribution in [0.15, 0.2) is 44.1 Å². The SMILES string of the molecule is CCC1=C(CC)C(/C=C2N=C(/C=c3/[nH]/c(=C\c4[nH]c(C=O)c(CC)c4CC)c(CC)c3CC)C(CC)=C\2CC)=NC1=O. The van der Waals surface area contributed by atoms with Crippen LogP contribution in [-0.2, 0) is 30.5 Å². The van der Waals surface area contributed by atoms with Crippen LogP contribution in [0.3, 0.4) is 0 Å². The molecule has 42 heavy (non-hydrogen) atoms. The van der Waals surface area contributed by atoms with Crippen LogP contribution in [0.4, 0.5) is 0 Å².